The van der Waals surface area contributed by atoms with Crippen LogP contribution in [-0.4, -0.2) is 23.8 Å². The van der Waals surface area contributed by atoms with E-state index in [1.165, 1.54) is 0 Å². The van der Waals surface area contributed by atoms with Gasteiger partial charge in [-0.25, -0.2) is 0 Å². The van der Waals surface area contributed by atoms with Gasteiger partial charge in [0.25, 0.3) is 0 Å². The number of aryl methyl sites for hydroxylation is 1. The molecule has 0 aromatic heterocycles. The van der Waals surface area contributed by atoms with Crippen LogP contribution >= 0.6 is 12.2 Å². The fraction of sp³-hybridized carbons (Fsp3) is 0.533. The lowest BCUT2D eigenvalue weighted by molar-refractivity contribution is -0.0377. The van der Waals surface area contributed by atoms with Gasteiger partial charge in [-0.1, -0.05) is 24.4 Å². The molecule has 0 atom stereocenters. The first-order valence-electron chi connectivity index (χ1n) is 6.40. The molecule has 4 heteroatoms. The minimum absolute atomic E-state index is 0.113. The first-order chi connectivity index (χ1) is 8.79. The third-order valence-electron chi connectivity index (χ3n) is 2.65. The monoisotopic (exact) mass is 281 g/mol. The maximum atomic E-state index is 5.61. The predicted molar refractivity (Wildman–Crippen MR) is 82.4 cm³/mol. The van der Waals surface area contributed by atoms with E-state index in [-0.39, 0.29) is 5.60 Å². The standard InChI is InChI=1S/C15H23NO2S/c1-11-9-12(14(16)19)5-6-13(11)10-17-7-8-18-15(2,3)4/h5-6,9H,7-8,10H2,1-4H3,(H2,16,19). The smallest absolute Gasteiger partial charge is 0.103 e. The molecule has 0 fully saturated rings. The van der Waals surface area contributed by atoms with Gasteiger partial charge in [-0.15, -0.1) is 0 Å². The molecule has 0 saturated carbocycles. The Morgan fingerprint density at radius 3 is 2.47 bits per heavy atom. The van der Waals surface area contributed by atoms with Gasteiger partial charge >= 0.3 is 0 Å². The molecule has 19 heavy (non-hydrogen) atoms. The van der Waals surface area contributed by atoms with E-state index in [9.17, 15) is 0 Å². The van der Waals surface area contributed by atoms with Crippen LogP contribution in [0.5, 0.6) is 0 Å². The zero-order valence-electron chi connectivity index (χ0n) is 12.2. The van der Waals surface area contributed by atoms with Crippen molar-refractivity contribution in [3.63, 3.8) is 0 Å². The number of benzene rings is 1. The number of hydrogen-bond acceptors (Lipinski definition) is 3. The Labute approximate surface area is 121 Å². The summed E-state index contributed by atoms with van der Waals surface area (Å²) >= 11 is 4.95. The SMILES string of the molecule is Cc1cc(C(N)=S)ccc1COCCOC(C)(C)C. The quantitative estimate of drug-likeness (QED) is 0.643. The summed E-state index contributed by atoms with van der Waals surface area (Å²) in [5.74, 6) is 0. The first-order valence-corrected chi connectivity index (χ1v) is 6.81. The maximum Gasteiger partial charge on any atom is 0.103 e. The van der Waals surface area contributed by atoms with E-state index < -0.39 is 0 Å². The van der Waals surface area contributed by atoms with Crippen molar-refractivity contribution < 1.29 is 9.47 Å². The third-order valence-corrected chi connectivity index (χ3v) is 2.88. The van der Waals surface area contributed by atoms with Gasteiger partial charge in [0.1, 0.15) is 4.99 Å². The van der Waals surface area contributed by atoms with Gasteiger partial charge in [0, 0.05) is 5.56 Å². The van der Waals surface area contributed by atoms with Crippen molar-refractivity contribution in [2.24, 2.45) is 5.73 Å². The van der Waals surface area contributed by atoms with Gasteiger partial charge in [0.05, 0.1) is 25.4 Å². The lowest BCUT2D eigenvalue weighted by Gasteiger charge is -2.19. The zero-order valence-corrected chi connectivity index (χ0v) is 13.0. The lowest BCUT2D eigenvalue weighted by Crippen LogP contribution is -2.21. The Morgan fingerprint density at radius 1 is 1.26 bits per heavy atom. The number of nitrogens with two attached hydrogens (primary N) is 1. The maximum absolute atomic E-state index is 5.61. The average Bonchev–Trinajstić information content (AvgIpc) is 2.28. The Morgan fingerprint density at radius 2 is 1.95 bits per heavy atom. The highest BCUT2D eigenvalue weighted by atomic mass is 32.1. The van der Waals surface area contributed by atoms with E-state index in [2.05, 4.69) is 0 Å². The van der Waals surface area contributed by atoms with E-state index in [1.807, 2.05) is 45.9 Å². The van der Waals surface area contributed by atoms with Crippen molar-refractivity contribution >= 4 is 17.2 Å². The van der Waals surface area contributed by atoms with Crippen LogP contribution in [0.4, 0.5) is 0 Å². The molecule has 0 heterocycles. The largest absolute Gasteiger partial charge is 0.389 e. The van der Waals surface area contributed by atoms with E-state index >= 15 is 0 Å². The molecule has 106 valence electrons. The number of hydrogen-bond donors (Lipinski definition) is 1. The molecule has 0 saturated heterocycles. The molecule has 0 spiro atoms. The molecule has 1 rings (SSSR count). The molecule has 0 radical (unpaired) electrons. The van der Waals surface area contributed by atoms with Crippen LogP contribution in [0.1, 0.15) is 37.5 Å². The summed E-state index contributed by atoms with van der Waals surface area (Å²) in [4.78, 5) is 0.425. The fourth-order valence-electron chi connectivity index (χ4n) is 1.60. The highest BCUT2D eigenvalue weighted by molar-refractivity contribution is 7.80. The van der Waals surface area contributed by atoms with Crippen molar-refractivity contribution in [1.29, 1.82) is 0 Å². The second-order valence-corrected chi connectivity index (χ2v) is 5.96. The molecular weight excluding hydrogens is 258 g/mol. The van der Waals surface area contributed by atoms with Gasteiger partial charge in [-0.2, -0.15) is 0 Å². The fourth-order valence-corrected chi connectivity index (χ4v) is 1.73. The summed E-state index contributed by atoms with van der Waals surface area (Å²) in [5, 5.41) is 0. The van der Waals surface area contributed by atoms with Crippen molar-refractivity contribution in [2.45, 2.75) is 39.9 Å². The van der Waals surface area contributed by atoms with Crippen molar-refractivity contribution in [3.8, 4) is 0 Å². The first kappa shape index (κ1) is 16.1. The summed E-state index contributed by atoms with van der Waals surface area (Å²) in [6.07, 6.45) is 0. The summed E-state index contributed by atoms with van der Waals surface area (Å²) < 4.78 is 11.2. The molecule has 1 aromatic rings. The van der Waals surface area contributed by atoms with E-state index in [0.29, 0.717) is 24.8 Å². The summed E-state index contributed by atoms with van der Waals surface area (Å²) in [6.45, 7) is 9.91. The Hall–Kier alpha value is -0.970. The molecule has 0 aliphatic carbocycles. The highest BCUT2D eigenvalue weighted by Crippen LogP contribution is 2.12. The van der Waals surface area contributed by atoms with Crippen molar-refractivity contribution in [1.82, 2.24) is 0 Å². The van der Waals surface area contributed by atoms with Crippen LogP contribution in [0.2, 0.25) is 0 Å². The summed E-state index contributed by atoms with van der Waals surface area (Å²) in [7, 11) is 0. The van der Waals surface area contributed by atoms with Gasteiger partial charge in [-0.05, 0) is 44.9 Å². The molecule has 0 aliphatic rings. The zero-order chi connectivity index (χ0) is 14.5. The molecule has 0 aliphatic heterocycles. The normalized spacial score (nSPS) is 11.6. The molecule has 0 unspecified atom stereocenters. The molecule has 1 aromatic carbocycles. The second-order valence-electron chi connectivity index (χ2n) is 5.52. The summed E-state index contributed by atoms with van der Waals surface area (Å²) in [6, 6.07) is 5.93. The minimum atomic E-state index is -0.113. The van der Waals surface area contributed by atoms with E-state index in [4.69, 9.17) is 27.4 Å². The number of thiocarbonyl (C=S) groups is 1. The predicted octanol–water partition coefficient (Wildman–Crippen LogP) is 2.96. The number of rotatable bonds is 6. The van der Waals surface area contributed by atoms with Crippen LogP contribution in [0.15, 0.2) is 18.2 Å². The molecule has 2 N–H and O–H groups in total. The van der Waals surface area contributed by atoms with Gasteiger partial charge in [0.15, 0.2) is 0 Å². The Balaban J connectivity index is 2.40. The van der Waals surface area contributed by atoms with Crippen LogP contribution in [-0.2, 0) is 16.1 Å². The number of ether oxygens (including phenoxy) is 2. The van der Waals surface area contributed by atoms with Crippen LogP contribution in [0.3, 0.4) is 0 Å². The van der Waals surface area contributed by atoms with E-state index in [0.717, 1.165) is 16.7 Å². The lowest BCUT2D eigenvalue weighted by atomic mass is 10.1. The van der Waals surface area contributed by atoms with Gasteiger partial charge in [-0.3, -0.25) is 0 Å². The second kappa shape index (κ2) is 6.98. The molecular formula is C15H23NO2S. The Kier molecular flexibility index (Phi) is 5.91. The highest BCUT2D eigenvalue weighted by Gasteiger charge is 2.09. The van der Waals surface area contributed by atoms with Crippen LogP contribution in [0, 0.1) is 6.92 Å². The van der Waals surface area contributed by atoms with Crippen LogP contribution < -0.4 is 5.73 Å². The topological polar surface area (TPSA) is 44.5 Å². The third kappa shape index (κ3) is 6.14. The van der Waals surface area contributed by atoms with Gasteiger partial charge in [0.2, 0.25) is 0 Å². The minimum Gasteiger partial charge on any atom is -0.389 e. The van der Waals surface area contributed by atoms with Crippen molar-refractivity contribution in [3.05, 3.63) is 34.9 Å². The summed E-state index contributed by atoms with van der Waals surface area (Å²) in [5.41, 5.74) is 8.67. The molecule has 0 amide bonds. The molecule has 3 nitrogen and oxygen atoms in total. The van der Waals surface area contributed by atoms with Crippen molar-refractivity contribution in [2.75, 3.05) is 13.2 Å². The average molecular weight is 281 g/mol. The Bertz CT molecular complexity index is 438. The van der Waals surface area contributed by atoms with Gasteiger partial charge < -0.3 is 15.2 Å². The van der Waals surface area contributed by atoms with Crippen LogP contribution in [0.25, 0.3) is 0 Å². The van der Waals surface area contributed by atoms with E-state index in [1.54, 1.807) is 0 Å². The molecule has 0 bridgehead atoms.